The Morgan fingerprint density at radius 2 is 2.31 bits per heavy atom. The highest BCUT2D eigenvalue weighted by atomic mass is 35.5. The molecule has 0 spiro atoms. The molecule has 0 aliphatic rings. The number of benzene rings is 1. The van der Waals surface area contributed by atoms with Crippen LogP contribution in [0.25, 0.3) is 10.9 Å². The van der Waals surface area contributed by atoms with E-state index in [9.17, 15) is 4.79 Å². The van der Waals surface area contributed by atoms with Gasteiger partial charge in [-0.15, -0.1) is 0 Å². The molecule has 4 heteroatoms. The van der Waals surface area contributed by atoms with Crippen molar-refractivity contribution in [2.45, 2.75) is 13.5 Å². The van der Waals surface area contributed by atoms with Gasteiger partial charge in [-0.05, 0) is 18.6 Å². The van der Waals surface area contributed by atoms with Crippen LogP contribution in [0.3, 0.4) is 0 Å². The van der Waals surface area contributed by atoms with E-state index >= 15 is 0 Å². The van der Waals surface area contributed by atoms with Crippen LogP contribution >= 0.6 is 11.6 Å². The SMILES string of the molecule is C=C(Cl)Cn1cnc2c(C)cccc2c1=O. The Balaban J connectivity index is 2.71. The maximum Gasteiger partial charge on any atom is 0.261 e. The Morgan fingerprint density at radius 1 is 1.56 bits per heavy atom. The molecule has 1 heterocycles. The van der Waals surface area contributed by atoms with Gasteiger partial charge in [0.25, 0.3) is 5.56 Å². The first-order chi connectivity index (χ1) is 7.59. The Morgan fingerprint density at radius 3 is 3.00 bits per heavy atom. The minimum atomic E-state index is -0.0875. The van der Waals surface area contributed by atoms with Crippen molar-refractivity contribution in [1.82, 2.24) is 9.55 Å². The average molecular weight is 235 g/mol. The molecule has 3 nitrogen and oxygen atoms in total. The van der Waals surface area contributed by atoms with Gasteiger partial charge < -0.3 is 0 Å². The van der Waals surface area contributed by atoms with Crippen LogP contribution < -0.4 is 5.56 Å². The highest BCUT2D eigenvalue weighted by Crippen LogP contribution is 2.11. The summed E-state index contributed by atoms with van der Waals surface area (Å²) in [4.78, 5) is 16.3. The average Bonchev–Trinajstić information content (AvgIpc) is 2.23. The van der Waals surface area contributed by atoms with E-state index in [1.807, 2.05) is 19.1 Å². The lowest BCUT2D eigenvalue weighted by Gasteiger charge is -2.06. The second-order valence-electron chi connectivity index (χ2n) is 3.67. The van der Waals surface area contributed by atoms with Gasteiger partial charge in [0.05, 0.1) is 23.8 Å². The number of allylic oxidation sites excluding steroid dienone is 1. The van der Waals surface area contributed by atoms with Crippen molar-refractivity contribution in [2.75, 3.05) is 0 Å². The number of halogens is 1. The molecule has 0 aliphatic heterocycles. The molecule has 0 fully saturated rings. The number of hydrogen-bond donors (Lipinski definition) is 0. The molecule has 0 saturated carbocycles. The van der Waals surface area contributed by atoms with Crippen LogP contribution in [0.1, 0.15) is 5.56 Å². The highest BCUT2D eigenvalue weighted by molar-refractivity contribution is 6.29. The fraction of sp³-hybridized carbons (Fsp3) is 0.167. The van der Waals surface area contributed by atoms with Gasteiger partial charge in [0, 0.05) is 5.03 Å². The predicted molar refractivity (Wildman–Crippen MR) is 65.7 cm³/mol. The Bertz CT molecular complexity index is 616. The van der Waals surface area contributed by atoms with Gasteiger partial charge in [0.2, 0.25) is 0 Å². The number of hydrogen-bond acceptors (Lipinski definition) is 2. The predicted octanol–water partition coefficient (Wildman–Crippen LogP) is 2.46. The topological polar surface area (TPSA) is 34.9 Å². The van der Waals surface area contributed by atoms with Crippen molar-refractivity contribution in [2.24, 2.45) is 0 Å². The summed E-state index contributed by atoms with van der Waals surface area (Å²) in [5, 5.41) is 1.02. The standard InChI is InChI=1S/C12H11ClN2O/c1-8-4-3-5-10-11(8)14-7-15(12(10)16)6-9(2)13/h3-5,7H,2,6H2,1H3. The molecule has 0 amide bonds. The van der Waals surface area contributed by atoms with Crippen LogP contribution in [0.4, 0.5) is 0 Å². The quantitative estimate of drug-likeness (QED) is 0.800. The second kappa shape index (κ2) is 4.10. The molecule has 0 unspecified atom stereocenters. The van der Waals surface area contributed by atoms with Crippen molar-refractivity contribution in [3.05, 3.63) is 52.1 Å². The Hall–Kier alpha value is -1.61. The van der Waals surface area contributed by atoms with Gasteiger partial charge in [-0.2, -0.15) is 0 Å². The van der Waals surface area contributed by atoms with Gasteiger partial charge in [-0.3, -0.25) is 9.36 Å². The van der Waals surface area contributed by atoms with Gasteiger partial charge >= 0.3 is 0 Å². The number of rotatable bonds is 2. The molecule has 1 aromatic carbocycles. The van der Waals surface area contributed by atoms with Crippen molar-refractivity contribution < 1.29 is 0 Å². The maximum absolute atomic E-state index is 12.0. The maximum atomic E-state index is 12.0. The third-order valence-corrected chi connectivity index (χ3v) is 2.52. The molecule has 16 heavy (non-hydrogen) atoms. The van der Waals surface area contributed by atoms with E-state index in [1.165, 1.54) is 10.9 Å². The number of nitrogens with zero attached hydrogens (tertiary/aromatic N) is 2. The number of para-hydroxylation sites is 1. The van der Waals surface area contributed by atoms with Crippen molar-refractivity contribution >= 4 is 22.5 Å². The summed E-state index contributed by atoms with van der Waals surface area (Å²) in [6.45, 7) is 5.79. The van der Waals surface area contributed by atoms with Crippen molar-refractivity contribution in [1.29, 1.82) is 0 Å². The molecule has 82 valence electrons. The zero-order chi connectivity index (χ0) is 11.7. The lowest BCUT2D eigenvalue weighted by Crippen LogP contribution is -2.20. The Kier molecular flexibility index (Phi) is 2.79. The van der Waals surface area contributed by atoms with E-state index in [2.05, 4.69) is 11.6 Å². The van der Waals surface area contributed by atoms with E-state index in [-0.39, 0.29) is 12.1 Å². The van der Waals surface area contributed by atoms with Crippen LogP contribution in [0, 0.1) is 6.92 Å². The molecule has 0 atom stereocenters. The summed E-state index contributed by atoms with van der Waals surface area (Å²) in [5.41, 5.74) is 1.64. The van der Waals surface area contributed by atoms with Crippen LogP contribution in [0.5, 0.6) is 0 Å². The number of aromatic nitrogens is 2. The van der Waals surface area contributed by atoms with Gasteiger partial charge in [-0.25, -0.2) is 4.98 Å². The minimum Gasteiger partial charge on any atom is -0.293 e. The van der Waals surface area contributed by atoms with E-state index in [0.717, 1.165) is 11.1 Å². The lowest BCUT2D eigenvalue weighted by molar-refractivity contribution is 0.759. The number of fused-ring (bicyclic) bond motifs is 1. The minimum absolute atomic E-state index is 0.0875. The van der Waals surface area contributed by atoms with E-state index in [4.69, 9.17) is 11.6 Å². The first-order valence-electron chi connectivity index (χ1n) is 4.87. The van der Waals surface area contributed by atoms with E-state index < -0.39 is 0 Å². The first-order valence-corrected chi connectivity index (χ1v) is 5.25. The largest absolute Gasteiger partial charge is 0.293 e. The fourth-order valence-electron chi connectivity index (χ4n) is 1.63. The normalized spacial score (nSPS) is 10.6. The first kappa shape index (κ1) is 10.9. The monoisotopic (exact) mass is 234 g/mol. The summed E-state index contributed by atoms with van der Waals surface area (Å²) in [6, 6.07) is 5.55. The van der Waals surface area contributed by atoms with E-state index in [1.54, 1.807) is 6.07 Å². The second-order valence-corrected chi connectivity index (χ2v) is 4.20. The summed E-state index contributed by atoms with van der Waals surface area (Å²) in [5.74, 6) is 0. The lowest BCUT2D eigenvalue weighted by atomic mass is 10.1. The van der Waals surface area contributed by atoms with Crippen molar-refractivity contribution in [3.63, 3.8) is 0 Å². The molecule has 0 bridgehead atoms. The zero-order valence-electron chi connectivity index (χ0n) is 8.90. The summed E-state index contributed by atoms with van der Waals surface area (Å²) >= 11 is 5.68. The molecular weight excluding hydrogens is 224 g/mol. The molecule has 2 aromatic rings. The van der Waals surface area contributed by atoms with Crippen molar-refractivity contribution in [3.8, 4) is 0 Å². The summed E-state index contributed by atoms with van der Waals surface area (Å²) in [7, 11) is 0. The molecular formula is C12H11ClN2O. The smallest absolute Gasteiger partial charge is 0.261 e. The van der Waals surface area contributed by atoms with Crippen LogP contribution in [0.2, 0.25) is 0 Å². The van der Waals surface area contributed by atoms with E-state index in [0.29, 0.717) is 10.4 Å². The molecule has 2 rings (SSSR count). The molecule has 0 saturated heterocycles. The third kappa shape index (κ3) is 1.86. The van der Waals surface area contributed by atoms with Gasteiger partial charge in [0.1, 0.15) is 0 Å². The molecule has 1 aromatic heterocycles. The van der Waals surface area contributed by atoms with Crippen LogP contribution in [-0.2, 0) is 6.54 Å². The fourth-order valence-corrected chi connectivity index (χ4v) is 1.76. The summed E-state index contributed by atoms with van der Waals surface area (Å²) < 4.78 is 1.46. The number of aryl methyl sites for hydroxylation is 1. The molecule has 0 aliphatic carbocycles. The zero-order valence-corrected chi connectivity index (χ0v) is 9.66. The molecule has 0 radical (unpaired) electrons. The van der Waals surface area contributed by atoms with Crippen LogP contribution in [0.15, 0.2) is 40.9 Å². The van der Waals surface area contributed by atoms with Gasteiger partial charge in [0.15, 0.2) is 0 Å². The summed E-state index contributed by atoms with van der Waals surface area (Å²) in [6.07, 6.45) is 1.51. The third-order valence-electron chi connectivity index (χ3n) is 2.40. The highest BCUT2D eigenvalue weighted by Gasteiger charge is 2.05. The van der Waals surface area contributed by atoms with Crippen LogP contribution in [-0.4, -0.2) is 9.55 Å². The Labute approximate surface area is 98.0 Å². The van der Waals surface area contributed by atoms with Gasteiger partial charge in [-0.1, -0.05) is 30.3 Å². The molecule has 0 N–H and O–H groups in total.